The third kappa shape index (κ3) is 6.79. The summed E-state index contributed by atoms with van der Waals surface area (Å²) in [5.74, 6) is 0. The maximum atomic E-state index is 2.56. The monoisotopic (exact) mass is 299 g/mol. The van der Waals surface area contributed by atoms with Crippen molar-refractivity contribution in [3.8, 4) is 0 Å². The average Bonchev–Trinajstić information content (AvgIpc) is 2.56. The van der Waals surface area contributed by atoms with Crippen LogP contribution in [0.15, 0.2) is 42.0 Å². The fraction of sp³-hybridized carbons (Fsp3) is 0.619. The number of hydrogen-bond acceptors (Lipinski definition) is 1. The van der Waals surface area contributed by atoms with Gasteiger partial charge < -0.3 is 0 Å². The van der Waals surface area contributed by atoms with Gasteiger partial charge in [-0.2, -0.15) is 0 Å². The number of rotatable bonds is 10. The predicted octanol–water partition coefficient (Wildman–Crippen LogP) is 5.96. The molecule has 1 aliphatic heterocycles. The molecule has 0 radical (unpaired) electrons. The SMILES string of the molecule is CCCCCCCCCC1=CCN(Cc2ccccc2)CC1. The first-order chi connectivity index (χ1) is 10.9. The molecule has 0 saturated carbocycles. The molecular weight excluding hydrogens is 266 g/mol. The Morgan fingerprint density at radius 1 is 0.909 bits per heavy atom. The van der Waals surface area contributed by atoms with Gasteiger partial charge in [0, 0.05) is 19.6 Å². The summed E-state index contributed by atoms with van der Waals surface area (Å²) >= 11 is 0. The van der Waals surface area contributed by atoms with Crippen LogP contribution in [0.3, 0.4) is 0 Å². The Bertz CT molecular complexity index is 421. The summed E-state index contributed by atoms with van der Waals surface area (Å²) in [5.41, 5.74) is 3.14. The number of unbranched alkanes of at least 4 members (excludes halogenated alkanes) is 6. The van der Waals surface area contributed by atoms with Crippen LogP contribution in [-0.2, 0) is 6.54 Å². The molecule has 122 valence electrons. The van der Waals surface area contributed by atoms with Gasteiger partial charge in [-0.05, 0) is 24.8 Å². The molecular formula is C21H33N. The van der Waals surface area contributed by atoms with Crippen LogP contribution < -0.4 is 0 Å². The van der Waals surface area contributed by atoms with Crippen LogP contribution in [0.2, 0.25) is 0 Å². The molecule has 0 atom stereocenters. The molecule has 0 aliphatic carbocycles. The van der Waals surface area contributed by atoms with E-state index in [1.807, 2.05) is 0 Å². The Kier molecular flexibility index (Phi) is 8.33. The Balaban J connectivity index is 1.56. The van der Waals surface area contributed by atoms with Gasteiger partial charge in [-0.1, -0.05) is 87.4 Å². The van der Waals surface area contributed by atoms with Crippen LogP contribution in [0.25, 0.3) is 0 Å². The number of nitrogens with zero attached hydrogens (tertiary/aromatic N) is 1. The standard InChI is InChI=1S/C21H33N/c1-2-3-4-5-6-7-9-12-20-15-17-22(18-16-20)19-21-13-10-8-11-14-21/h8,10-11,13-15H,2-7,9,12,16-19H2,1H3. The van der Waals surface area contributed by atoms with Crippen molar-refractivity contribution >= 4 is 0 Å². The molecule has 1 aromatic rings. The van der Waals surface area contributed by atoms with Gasteiger partial charge in [-0.25, -0.2) is 0 Å². The van der Waals surface area contributed by atoms with Gasteiger partial charge in [0.1, 0.15) is 0 Å². The molecule has 0 bridgehead atoms. The Morgan fingerprint density at radius 3 is 2.32 bits per heavy atom. The summed E-state index contributed by atoms with van der Waals surface area (Å²) in [6.07, 6.45) is 15.0. The molecule has 0 fully saturated rings. The second kappa shape index (κ2) is 10.6. The first-order valence-corrected chi connectivity index (χ1v) is 9.32. The van der Waals surface area contributed by atoms with Crippen LogP contribution in [0, 0.1) is 0 Å². The third-order valence-corrected chi connectivity index (χ3v) is 4.74. The van der Waals surface area contributed by atoms with Gasteiger partial charge in [0.25, 0.3) is 0 Å². The van der Waals surface area contributed by atoms with Crippen molar-refractivity contribution in [2.24, 2.45) is 0 Å². The molecule has 0 unspecified atom stereocenters. The topological polar surface area (TPSA) is 3.24 Å². The molecule has 0 N–H and O–H groups in total. The lowest BCUT2D eigenvalue weighted by molar-refractivity contribution is 0.283. The molecule has 1 heteroatoms. The minimum absolute atomic E-state index is 1.10. The minimum Gasteiger partial charge on any atom is -0.295 e. The smallest absolute Gasteiger partial charge is 0.0237 e. The molecule has 1 heterocycles. The molecule has 1 nitrogen and oxygen atoms in total. The maximum Gasteiger partial charge on any atom is 0.0237 e. The molecule has 1 aliphatic rings. The lowest BCUT2D eigenvalue weighted by Gasteiger charge is -2.26. The van der Waals surface area contributed by atoms with E-state index in [0.717, 1.165) is 13.1 Å². The van der Waals surface area contributed by atoms with E-state index >= 15 is 0 Å². The average molecular weight is 300 g/mol. The molecule has 0 saturated heterocycles. The Labute approximate surface area is 137 Å². The summed E-state index contributed by atoms with van der Waals surface area (Å²) in [7, 11) is 0. The largest absolute Gasteiger partial charge is 0.295 e. The highest BCUT2D eigenvalue weighted by atomic mass is 15.1. The summed E-state index contributed by atoms with van der Waals surface area (Å²) in [6, 6.07) is 10.8. The van der Waals surface area contributed by atoms with Crippen LogP contribution >= 0.6 is 0 Å². The van der Waals surface area contributed by atoms with Crippen molar-refractivity contribution in [2.45, 2.75) is 71.3 Å². The van der Waals surface area contributed by atoms with Crippen LogP contribution in [-0.4, -0.2) is 18.0 Å². The summed E-state index contributed by atoms with van der Waals surface area (Å²) < 4.78 is 0. The van der Waals surface area contributed by atoms with E-state index < -0.39 is 0 Å². The fourth-order valence-electron chi connectivity index (χ4n) is 3.27. The van der Waals surface area contributed by atoms with Crippen molar-refractivity contribution in [1.82, 2.24) is 4.90 Å². The highest BCUT2D eigenvalue weighted by molar-refractivity contribution is 5.15. The van der Waals surface area contributed by atoms with Gasteiger partial charge >= 0.3 is 0 Å². The summed E-state index contributed by atoms with van der Waals surface area (Å²) in [6.45, 7) is 5.76. The molecule has 2 rings (SSSR count). The first kappa shape index (κ1) is 17.3. The van der Waals surface area contributed by atoms with Crippen molar-refractivity contribution in [2.75, 3.05) is 13.1 Å². The van der Waals surface area contributed by atoms with E-state index in [9.17, 15) is 0 Å². The second-order valence-electron chi connectivity index (χ2n) is 6.70. The summed E-state index contributed by atoms with van der Waals surface area (Å²) in [4.78, 5) is 2.56. The minimum atomic E-state index is 1.10. The van der Waals surface area contributed by atoms with E-state index in [1.54, 1.807) is 5.57 Å². The number of hydrogen-bond donors (Lipinski definition) is 0. The normalized spacial score (nSPS) is 15.8. The van der Waals surface area contributed by atoms with Gasteiger partial charge in [-0.15, -0.1) is 0 Å². The molecule has 0 spiro atoms. The van der Waals surface area contributed by atoms with Gasteiger partial charge in [-0.3, -0.25) is 4.90 Å². The quantitative estimate of drug-likeness (QED) is 0.380. The highest BCUT2D eigenvalue weighted by Crippen LogP contribution is 2.19. The van der Waals surface area contributed by atoms with Gasteiger partial charge in [0.15, 0.2) is 0 Å². The zero-order valence-electron chi connectivity index (χ0n) is 14.4. The van der Waals surface area contributed by atoms with Crippen LogP contribution in [0.1, 0.15) is 70.3 Å². The zero-order valence-corrected chi connectivity index (χ0v) is 14.4. The first-order valence-electron chi connectivity index (χ1n) is 9.32. The maximum absolute atomic E-state index is 2.56. The predicted molar refractivity (Wildman–Crippen MR) is 97.0 cm³/mol. The molecule has 0 amide bonds. The van der Waals surface area contributed by atoms with E-state index in [4.69, 9.17) is 0 Å². The van der Waals surface area contributed by atoms with Crippen LogP contribution in [0.5, 0.6) is 0 Å². The van der Waals surface area contributed by atoms with Crippen molar-refractivity contribution in [1.29, 1.82) is 0 Å². The number of benzene rings is 1. The van der Waals surface area contributed by atoms with Crippen molar-refractivity contribution in [3.63, 3.8) is 0 Å². The fourth-order valence-corrected chi connectivity index (χ4v) is 3.27. The van der Waals surface area contributed by atoms with E-state index in [1.165, 1.54) is 69.9 Å². The van der Waals surface area contributed by atoms with E-state index in [2.05, 4.69) is 48.2 Å². The second-order valence-corrected chi connectivity index (χ2v) is 6.70. The van der Waals surface area contributed by atoms with Gasteiger partial charge in [0.05, 0.1) is 0 Å². The van der Waals surface area contributed by atoms with E-state index in [0.29, 0.717) is 0 Å². The molecule has 1 aromatic carbocycles. The lowest BCUT2D eigenvalue weighted by atomic mass is 10.00. The Hall–Kier alpha value is -1.08. The van der Waals surface area contributed by atoms with Crippen molar-refractivity contribution < 1.29 is 0 Å². The lowest BCUT2D eigenvalue weighted by Crippen LogP contribution is -2.28. The highest BCUT2D eigenvalue weighted by Gasteiger charge is 2.11. The van der Waals surface area contributed by atoms with Crippen molar-refractivity contribution in [3.05, 3.63) is 47.5 Å². The van der Waals surface area contributed by atoms with E-state index in [-0.39, 0.29) is 0 Å². The third-order valence-electron chi connectivity index (χ3n) is 4.74. The Morgan fingerprint density at radius 2 is 1.64 bits per heavy atom. The zero-order chi connectivity index (χ0) is 15.5. The summed E-state index contributed by atoms with van der Waals surface area (Å²) in [5, 5.41) is 0. The van der Waals surface area contributed by atoms with Crippen LogP contribution in [0.4, 0.5) is 0 Å². The van der Waals surface area contributed by atoms with Gasteiger partial charge in [0.2, 0.25) is 0 Å². The molecule has 0 aromatic heterocycles. The molecule has 22 heavy (non-hydrogen) atoms.